The summed E-state index contributed by atoms with van der Waals surface area (Å²) in [7, 11) is 0. The van der Waals surface area contributed by atoms with E-state index in [4.69, 9.17) is 0 Å². The highest BCUT2D eigenvalue weighted by atomic mass is 79.9. The molecule has 0 aliphatic carbocycles. The Bertz CT molecular complexity index is 608. The number of carbonyl (C=O) groups excluding carboxylic acids is 1. The smallest absolute Gasteiger partial charge is 0.229 e. The molecule has 2 aromatic carbocycles. The minimum atomic E-state index is -0.710. The minimum Gasteiger partial charge on any atom is -0.326 e. The Morgan fingerprint density at radius 2 is 1.67 bits per heavy atom. The first-order valence-electron chi connectivity index (χ1n) is 6.48. The van der Waals surface area contributed by atoms with Gasteiger partial charge in [0.15, 0.2) is 0 Å². The summed E-state index contributed by atoms with van der Waals surface area (Å²) in [5.74, 6) is -1.87. The van der Waals surface area contributed by atoms with Crippen molar-refractivity contribution in [2.45, 2.75) is 12.8 Å². The third-order valence-corrected chi connectivity index (χ3v) is 3.42. The molecule has 0 aliphatic rings. The molecule has 0 bridgehead atoms. The maximum absolute atomic E-state index is 13.5. The fraction of sp³-hybridized carbons (Fsp3) is 0.188. The van der Waals surface area contributed by atoms with Crippen LogP contribution in [-0.2, 0) is 17.6 Å². The molecule has 0 saturated heterocycles. The first-order chi connectivity index (χ1) is 10.1. The Labute approximate surface area is 130 Å². The number of benzene rings is 2. The maximum Gasteiger partial charge on any atom is 0.229 e. The van der Waals surface area contributed by atoms with Crippen LogP contribution in [0.4, 0.5) is 14.5 Å². The van der Waals surface area contributed by atoms with Gasteiger partial charge in [0.2, 0.25) is 5.91 Å². The molecule has 0 saturated carbocycles. The van der Waals surface area contributed by atoms with Crippen LogP contribution in [0.3, 0.4) is 0 Å². The molecule has 0 unspecified atom stereocenters. The SMILES string of the molecule is O=C(Cc1c(F)cccc1F)Nc1ccc(CCBr)cc1. The Morgan fingerprint density at radius 3 is 2.24 bits per heavy atom. The Balaban J connectivity index is 2.01. The zero-order chi connectivity index (χ0) is 15.2. The number of amides is 1. The number of halogens is 3. The third kappa shape index (κ3) is 4.36. The molecule has 0 atom stereocenters. The molecule has 21 heavy (non-hydrogen) atoms. The lowest BCUT2D eigenvalue weighted by molar-refractivity contribution is -0.115. The summed E-state index contributed by atoms with van der Waals surface area (Å²) < 4.78 is 26.9. The van der Waals surface area contributed by atoms with Crippen LogP contribution in [0, 0.1) is 11.6 Å². The number of alkyl halides is 1. The van der Waals surface area contributed by atoms with Crippen molar-refractivity contribution in [3.8, 4) is 0 Å². The van der Waals surface area contributed by atoms with E-state index >= 15 is 0 Å². The lowest BCUT2D eigenvalue weighted by Gasteiger charge is -2.07. The van der Waals surface area contributed by atoms with Gasteiger partial charge >= 0.3 is 0 Å². The summed E-state index contributed by atoms with van der Waals surface area (Å²) >= 11 is 3.35. The van der Waals surface area contributed by atoms with Gasteiger partial charge in [0, 0.05) is 16.6 Å². The summed E-state index contributed by atoms with van der Waals surface area (Å²) in [5, 5.41) is 3.50. The van der Waals surface area contributed by atoms with Gasteiger partial charge in [-0.3, -0.25) is 4.79 Å². The van der Waals surface area contributed by atoms with E-state index in [1.165, 1.54) is 6.07 Å². The molecule has 1 amide bonds. The van der Waals surface area contributed by atoms with Gasteiger partial charge in [-0.25, -0.2) is 8.78 Å². The number of carbonyl (C=O) groups is 1. The Morgan fingerprint density at radius 1 is 1.05 bits per heavy atom. The van der Waals surface area contributed by atoms with Crippen LogP contribution in [0.1, 0.15) is 11.1 Å². The lowest BCUT2D eigenvalue weighted by Crippen LogP contribution is -2.16. The number of aryl methyl sites for hydroxylation is 1. The molecule has 5 heteroatoms. The van der Waals surface area contributed by atoms with Crippen LogP contribution in [0.25, 0.3) is 0 Å². The Hall–Kier alpha value is -1.75. The summed E-state index contributed by atoms with van der Waals surface area (Å²) in [4.78, 5) is 11.8. The highest BCUT2D eigenvalue weighted by molar-refractivity contribution is 9.09. The van der Waals surface area contributed by atoms with E-state index in [1.54, 1.807) is 12.1 Å². The third-order valence-electron chi connectivity index (χ3n) is 3.02. The molecular weight excluding hydrogens is 340 g/mol. The standard InChI is InChI=1S/C16H14BrF2NO/c17-9-8-11-4-6-12(7-5-11)20-16(21)10-13-14(18)2-1-3-15(13)19/h1-7H,8-10H2,(H,20,21). The number of hydrogen-bond donors (Lipinski definition) is 1. The fourth-order valence-electron chi connectivity index (χ4n) is 1.93. The van der Waals surface area contributed by atoms with E-state index in [0.717, 1.165) is 29.4 Å². The zero-order valence-corrected chi connectivity index (χ0v) is 12.8. The molecule has 0 aromatic heterocycles. The quantitative estimate of drug-likeness (QED) is 0.806. The second-order valence-corrected chi connectivity index (χ2v) is 5.35. The number of anilines is 1. The molecule has 0 spiro atoms. The van der Waals surface area contributed by atoms with Crippen molar-refractivity contribution >= 4 is 27.5 Å². The minimum absolute atomic E-state index is 0.217. The summed E-state index contributed by atoms with van der Waals surface area (Å²) in [5.41, 5.74) is 1.53. The predicted octanol–water partition coefficient (Wildman–Crippen LogP) is 4.08. The van der Waals surface area contributed by atoms with E-state index in [-0.39, 0.29) is 12.0 Å². The molecule has 2 aromatic rings. The van der Waals surface area contributed by atoms with Crippen molar-refractivity contribution in [2.24, 2.45) is 0 Å². The first-order valence-corrected chi connectivity index (χ1v) is 7.60. The largest absolute Gasteiger partial charge is 0.326 e. The van der Waals surface area contributed by atoms with E-state index in [0.29, 0.717) is 5.69 Å². The second-order valence-electron chi connectivity index (χ2n) is 4.56. The fourth-order valence-corrected chi connectivity index (χ4v) is 2.39. The van der Waals surface area contributed by atoms with Gasteiger partial charge in [-0.05, 0) is 36.2 Å². The van der Waals surface area contributed by atoms with Gasteiger partial charge in [-0.1, -0.05) is 34.1 Å². The van der Waals surface area contributed by atoms with Gasteiger partial charge in [0.05, 0.1) is 6.42 Å². The molecule has 0 radical (unpaired) electrons. The summed E-state index contributed by atoms with van der Waals surface area (Å²) in [6, 6.07) is 10.9. The van der Waals surface area contributed by atoms with Crippen molar-refractivity contribution in [3.63, 3.8) is 0 Å². The van der Waals surface area contributed by atoms with Crippen molar-refractivity contribution in [1.29, 1.82) is 0 Å². The average molecular weight is 354 g/mol. The highest BCUT2D eigenvalue weighted by Crippen LogP contribution is 2.15. The zero-order valence-electron chi connectivity index (χ0n) is 11.2. The van der Waals surface area contributed by atoms with Gasteiger partial charge in [0.25, 0.3) is 0 Å². The lowest BCUT2D eigenvalue weighted by atomic mass is 10.1. The molecule has 0 fully saturated rings. The number of hydrogen-bond acceptors (Lipinski definition) is 1. The molecule has 1 N–H and O–H groups in total. The van der Waals surface area contributed by atoms with E-state index in [2.05, 4.69) is 21.2 Å². The number of nitrogens with one attached hydrogen (secondary N) is 1. The van der Waals surface area contributed by atoms with Crippen LogP contribution in [0.5, 0.6) is 0 Å². The molecule has 110 valence electrons. The van der Waals surface area contributed by atoms with Crippen molar-refractivity contribution in [2.75, 3.05) is 10.6 Å². The predicted molar refractivity (Wildman–Crippen MR) is 82.6 cm³/mol. The van der Waals surface area contributed by atoms with E-state index in [9.17, 15) is 13.6 Å². The summed E-state index contributed by atoms with van der Waals surface area (Å²) in [6.45, 7) is 0. The van der Waals surface area contributed by atoms with Crippen LogP contribution in [-0.4, -0.2) is 11.2 Å². The van der Waals surface area contributed by atoms with Crippen LogP contribution < -0.4 is 5.32 Å². The summed E-state index contributed by atoms with van der Waals surface area (Å²) in [6.07, 6.45) is 0.566. The molecular formula is C16H14BrF2NO. The van der Waals surface area contributed by atoms with Gasteiger partial charge in [0.1, 0.15) is 11.6 Å². The van der Waals surface area contributed by atoms with Crippen molar-refractivity contribution in [1.82, 2.24) is 0 Å². The van der Waals surface area contributed by atoms with E-state index in [1.807, 2.05) is 12.1 Å². The van der Waals surface area contributed by atoms with Gasteiger partial charge < -0.3 is 5.32 Å². The molecule has 0 aliphatic heterocycles. The molecule has 2 rings (SSSR count). The van der Waals surface area contributed by atoms with Gasteiger partial charge in [-0.2, -0.15) is 0 Å². The van der Waals surface area contributed by atoms with Crippen molar-refractivity contribution in [3.05, 3.63) is 65.2 Å². The maximum atomic E-state index is 13.5. The topological polar surface area (TPSA) is 29.1 Å². The van der Waals surface area contributed by atoms with Crippen LogP contribution >= 0.6 is 15.9 Å². The normalized spacial score (nSPS) is 10.4. The van der Waals surface area contributed by atoms with Crippen molar-refractivity contribution < 1.29 is 13.6 Å². The van der Waals surface area contributed by atoms with Crippen LogP contribution in [0.2, 0.25) is 0 Å². The highest BCUT2D eigenvalue weighted by Gasteiger charge is 2.13. The first kappa shape index (κ1) is 15.6. The second kappa shape index (κ2) is 7.31. The molecule has 0 heterocycles. The number of rotatable bonds is 5. The van der Waals surface area contributed by atoms with Gasteiger partial charge in [-0.15, -0.1) is 0 Å². The average Bonchev–Trinajstić information content (AvgIpc) is 2.45. The molecule has 2 nitrogen and oxygen atoms in total. The Kier molecular flexibility index (Phi) is 5.44. The monoisotopic (exact) mass is 353 g/mol. The van der Waals surface area contributed by atoms with E-state index < -0.39 is 17.5 Å². The van der Waals surface area contributed by atoms with Crippen LogP contribution in [0.15, 0.2) is 42.5 Å².